The van der Waals surface area contributed by atoms with E-state index in [1.807, 2.05) is 45.0 Å². The molecule has 2 aromatic rings. The fraction of sp³-hybridized carbons (Fsp3) is 0.360. The molecule has 162 valence electrons. The quantitative estimate of drug-likeness (QED) is 0.574. The second-order valence-corrected chi connectivity index (χ2v) is 9.25. The van der Waals surface area contributed by atoms with Crippen LogP contribution in [0.3, 0.4) is 0 Å². The summed E-state index contributed by atoms with van der Waals surface area (Å²) in [6, 6.07) is 12.5. The molecule has 2 aliphatic rings. The molecule has 3 nitrogen and oxygen atoms in total. The summed E-state index contributed by atoms with van der Waals surface area (Å²) in [6.07, 6.45) is -3.68. The Morgan fingerprint density at radius 1 is 1.00 bits per heavy atom. The summed E-state index contributed by atoms with van der Waals surface area (Å²) in [6.45, 7) is 5.85. The third-order valence-corrected chi connectivity index (χ3v) is 6.05. The molecule has 0 saturated carbocycles. The molecule has 0 N–H and O–H groups in total. The lowest BCUT2D eigenvalue weighted by molar-refractivity contribution is -0.137. The average molecular weight is 427 g/mol. The van der Waals surface area contributed by atoms with Gasteiger partial charge in [-0.15, -0.1) is 0 Å². The highest BCUT2D eigenvalue weighted by atomic mass is 19.4. The van der Waals surface area contributed by atoms with Crippen LogP contribution < -0.4 is 4.90 Å². The van der Waals surface area contributed by atoms with E-state index in [9.17, 15) is 22.8 Å². The maximum Gasteiger partial charge on any atom is 0.416 e. The number of carbonyl (C=O) groups is 2. The standard InChI is InChI=1S/C25H24F3NO2/c1-15-7-9-16(10-8-15)19-12-22(31)29(18-6-4-5-17(11-18)25(26,27)28)20-13-24(2,3)14-21(30)23(19)20/h4-11,19H,12-14H2,1-3H3. The molecule has 6 heteroatoms. The Kier molecular flexibility index (Phi) is 5.07. The van der Waals surface area contributed by atoms with Crippen molar-refractivity contribution < 1.29 is 22.8 Å². The van der Waals surface area contributed by atoms with Crippen LogP contribution in [0, 0.1) is 12.3 Å². The summed E-state index contributed by atoms with van der Waals surface area (Å²) in [5.41, 5.74) is 1.99. The van der Waals surface area contributed by atoms with Gasteiger partial charge in [0.2, 0.25) is 5.91 Å². The second-order valence-electron chi connectivity index (χ2n) is 9.25. The van der Waals surface area contributed by atoms with Crippen LogP contribution >= 0.6 is 0 Å². The highest BCUT2D eigenvalue weighted by Gasteiger charge is 2.44. The smallest absolute Gasteiger partial charge is 0.294 e. The maximum absolute atomic E-state index is 13.3. The number of rotatable bonds is 2. The number of hydrogen-bond acceptors (Lipinski definition) is 2. The van der Waals surface area contributed by atoms with Gasteiger partial charge in [0, 0.05) is 35.7 Å². The Balaban J connectivity index is 1.88. The highest BCUT2D eigenvalue weighted by molar-refractivity contribution is 6.07. The Hall–Kier alpha value is -2.89. The number of carbonyl (C=O) groups excluding carboxylic acids is 2. The Morgan fingerprint density at radius 2 is 1.68 bits per heavy atom. The van der Waals surface area contributed by atoms with Crippen molar-refractivity contribution >= 4 is 17.4 Å². The van der Waals surface area contributed by atoms with E-state index < -0.39 is 11.7 Å². The minimum atomic E-state index is -4.52. The Labute approximate surface area is 179 Å². The molecule has 1 heterocycles. The van der Waals surface area contributed by atoms with Crippen LogP contribution in [0.15, 0.2) is 59.8 Å². The molecule has 0 bridgehead atoms. The third kappa shape index (κ3) is 4.03. The average Bonchev–Trinajstić information content (AvgIpc) is 2.66. The predicted molar refractivity (Wildman–Crippen MR) is 113 cm³/mol. The van der Waals surface area contributed by atoms with Crippen molar-refractivity contribution in [2.75, 3.05) is 4.90 Å². The van der Waals surface area contributed by atoms with Gasteiger partial charge in [-0.3, -0.25) is 14.5 Å². The number of alkyl halides is 3. The van der Waals surface area contributed by atoms with Crippen LogP contribution in [0.25, 0.3) is 0 Å². The van der Waals surface area contributed by atoms with Gasteiger partial charge < -0.3 is 0 Å². The van der Waals surface area contributed by atoms with Crippen molar-refractivity contribution in [3.63, 3.8) is 0 Å². The zero-order valence-electron chi connectivity index (χ0n) is 17.7. The molecule has 0 radical (unpaired) electrons. The predicted octanol–water partition coefficient (Wildman–Crippen LogP) is 6.18. The molecule has 0 saturated heterocycles. The molecule has 1 aliphatic heterocycles. The van der Waals surface area contributed by atoms with Crippen molar-refractivity contribution in [3.8, 4) is 0 Å². The van der Waals surface area contributed by atoms with Gasteiger partial charge in [0.25, 0.3) is 0 Å². The number of anilines is 1. The van der Waals surface area contributed by atoms with E-state index in [4.69, 9.17) is 0 Å². The normalized spacial score (nSPS) is 21.4. The van der Waals surface area contributed by atoms with Crippen LogP contribution in [0.1, 0.15) is 55.7 Å². The lowest BCUT2D eigenvalue weighted by Gasteiger charge is -2.43. The first kappa shape index (κ1) is 21.3. The summed E-state index contributed by atoms with van der Waals surface area (Å²) in [7, 11) is 0. The van der Waals surface area contributed by atoms with Crippen molar-refractivity contribution in [1.82, 2.24) is 0 Å². The fourth-order valence-corrected chi connectivity index (χ4v) is 4.62. The Bertz CT molecular complexity index is 1080. The van der Waals surface area contributed by atoms with E-state index in [-0.39, 0.29) is 35.1 Å². The molecular weight excluding hydrogens is 403 g/mol. The summed E-state index contributed by atoms with van der Waals surface area (Å²) in [5, 5.41) is 0. The largest absolute Gasteiger partial charge is 0.416 e. The van der Waals surface area contributed by atoms with Crippen LogP contribution in [0.2, 0.25) is 0 Å². The number of halogens is 3. The summed E-state index contributed by atoms with van der Waals surface area (Å²) < 4.78 is 39.9. The van der Waals surface area contributed by atoms with E-state index >= 15 is 0 Å². The maximum atomic E-state index is 13.3. The molecule has 0 fully saturated rings. The molecule has 2 aromatic carbocycles. The third-order valence-electron chi connectivity index (χ3n) is 6.05. The second kappa shape index (κ2) is 7.36. The number of benzene rings is 2. The van der Waals surface area contributed by atoms with Crippen molar-refractivity contribution in [2.24, 2.45) is 5.41 Å². The number of hydrogen-bond donors (Lipinski definition) is 0. The van der Waals surface area contributed by atoms with Crippen molar-refractivity contribution in [2.45, 2.75) is 52.1 Å². The summed E-state index contributed by atoms with van der Waals surface area (Å²) in [4.78, 5) is 27.8. The first-order valence-corrected chi connectivity index (χ1v) is 10.3. The SMILES string of the molecule is Cc1ccc(C2CC(=O)N(c3cccc(C(F)(F)F)c3)C3=C2C(=O)CC(C)(C)C3)cc1. The van der Waals surface area contributed by atoms with Gasteiger partial charge >= 0.3 is 6.18 Å². The van der Waals surface area contributed by atoms with E-state index in [0.29, 0.717) is 24.1 Å². The molecule has 1 amide bonds. The van der Waals surface area contributed by atoms with Gasteiger partial charge in [-0.1, -0.05) is 49.7 Å². The number of allylic oxidation sites excluding steroid dienone is 2. The lowest BCUT2D eigenvalue weighted by Crippen LogP contribution is -2.43. The topological polar surface area (TPSA) is 37.4 Å². The minimum absolute atomic E-state index is 0.0405. The van der Waals surface area contributed by atoms with Gasteiger partial charge in [-0.05, 0) is 42.5 Å². The number of Topliss-reactive ketones (excluding diaryl/α,β-unsaturated/α-hetero) is 1. The fourth-order valence-electron chi connectivity index (χ4n) is 4.62. The monoisotopic (exact) mass is 427 g/mol. The zero-order valence-corrected chi connectivity index (χ0v) is 17.7. The van der Waals surface area contributed by atoms with Crippen LogP contribution in [-0.2, 0) is 15.8 Å². The Morgan fingerprint density at radius 3 is 2.32 bits per heavy atom. The molecule has 1 aliphatic carbocycles. The minimum Gasteiger partial charge on any atom is -0.294 e. The number of nitrogens with zero attached hydrogens (tertiary/aromatic N) is 1. The van der Waals surface area contributed by atoms with Gasteiger partial charge in [0.1, 0.15) is 0 Å². The molecule has 0 aromatic heterocycles. The van der Waals surface area contributed by atoms with Crippen LogP contribution in [0.5, 0.6) is 0 Å². The summed E-state index contributed by atoms with van der Waals surface area (Å²) >= 11 is 0. The van der Waals surface area contributed by atoms with Crippen molar-refractivity contribution in [1.29, 1.82) is 0 Å². The molecular formula is C25H24F3NO2. The number of ketones is 1. The van der Waals surface area contributed by atoms with Crippen molar-refractivity contribution in [3.05, 3.63) is 76.5 Å². The first-order chi connectivity index (χ1) is 14.5. The molecule has 31 heavy (non-hydrogen) atoms. The van der Waals surface area contributed by atoms with Gasteiger partial charge in [-0.2, -0.15) is 13.2 Å². The number of aryl methyl sites for hydroxylation is 1. The molecule has 4 rings (SSSR count). The molecule has 0 spiro atoms. The van der Waals surface area contributed by atoms with E-state index in [0.717, 1.165) is 23.3 Å². The van der Waals surface area contributed by atoms with Crippen LogP contribution in [0.4, 0.5) is 18.9 Å². The lowest BCUT2D eigenvalue weighted by atomic mass is 9.69. The van der Waals surface area contributed by atoms with Gasteiger partial charge in [0.05, 0.1) is 5.56 Å². The number of amides is 1. The van der Waals surface area contributed by atoms with E-state index in [1.165, 1.54) is 17.0 Å². The highest BCUT2D eigenvalue weighted by Crippen LogP contribution is 2.48. The van der Waals surface area contributed by atoms with Gasteiger partial charge in [0.15, 0.2) is 5.78 Å². The summed E-state index contributed by atoms with van der Waals surface area (Å²) in [5.74, 6) is -0.718. The molecule has 1 unspecified atom stereocenters. The van der Waals surface area contributed by atoms with Crippen LogP contribution in [-0.4, -0.2) is 11.7 Å². The van der Waals surface area contributed by atoms with Gasteiger partial charge in [-0.25, -0.2) is 0 Å². The van der Waals surface area contributed by atoms with E-state index in [1.54, 1.807) is 0 Å². The first-order valence-electron chi connectivity index (χ1n) is 10.3. The van der Waals surface area contributed by atoms with E-state index in [2.05, 4.69) is 0 Å². The zero-order chi connectivity index (χ0) is 22.6. The molecule has 1 atom stereocenters.